The molecule has 0 aliphatic rings. The van der Waals surface area contributed by atoms with Crippen molar-refractivity contribution in [2.24, 2.45) is 5.73 Å². The second-order valence-electron chi connectivity index (χ2n) is 4.18. The fourth-order valence-corrected chi connectivity index (χ4v) is 1.91. The van der Waals surface area contributed by atoms with E-state index < -0.39 is 0 Å². The summed E-state index contributed by atoms with van der Waals surface area (Å²) >= 11 is 0. The molecule has 1 aromatic carbocycles. The van der Waals surface area contributed by atoms with E-state index in [1.54, 1.807) is 6.20 Å². The zero-order chi connectivity index (χ0) is 12.3. The largest absolute Gasteiger partial charge is 0.398 e. The number of nitrogen functional groups attached to an aromatic ring is 1. The van der Waals surface area contributed by atoms with Gasteiger partial charge in [-0.2, -0.15) is 0 Å². The Morgan fingerprint density at radius 3 is 2.88 bits per heavy atom. The van der Waals surface area contributed by atoms with Crippen LogP contribution in [0.2, 0.25) is 0 Å². The predicted octanol–water partition coefficient (Wildman–Crippen LogP) is 1.89. The van der Waals surface area contributed by atoms with Crippen LogP contribution in [0, 0.1) is 6.92 Å². The molecule has 0 amide bonds. The molecule has 17 heavy (non-hydrogen) atoms. The van der Waals surface area contributed by atoms with Crippen molar-refractivity contribution in [3.05, 3.63) is 30.0 Å². The number of nitrogens with two attached hydrogens (primary N) is 2. The summed E-state index contributed by atoms with van der Waals surface area (Å²) in [5.74, 6) is 0.881. The van der Waals surface area contributed by atoms with Gasteiger partial charge in [0.1, 0.15) is 5.82 Å². The maximum Gasteiger partial charge on any atom is 0.133 e. The molecule has 0 unspecified atom stereocenters. The highest BCUT2D eigenvalue weighted by molar-refractivity contribution is 5.99. The fraction of sp³-hybridized carbons (Fsp3) is 0.308. The van der Waals surface area contributed by atoms with Gasteiger partial charge < -0.3 is 16.8 Å². The van der Waals surface area contributed by atoms with Crippen LogP contribution in [0.25, 0.3) is 10.8 Å². The van der Waals surface area contributed by atoms with E-state index in [0.29, 0.717) is 6.54 Å². The lowest BCUT2D eigenvalue weighted by atomic mass is 10.1. The van der Waals surface area contributed by atoms with E-state index in [0.717, 1.165) is 40.8 Å². The van der Waals surface area contributed by atoms with Crippen LogP contribution in [-0.2, 0) is 0 Å². The molecule has 0 atom stereocenters. The normalized spacial score (nSPS) is 10.7. The molecule has 5 N–H and O–H groups in total. The molecule has 0 saturated carbocycles. The van der Waals surface area contributed by atoms with Crippen LogP contribution in [0.15, 0.2) is 24.4 Å². The summed E-state index contributed by atoms with van der Waals surface area (Å²) in [6, 6.07) is 6.02. The van der Waals surface area contributed by atoms with Crippen molar-refractivity contribution in [3.63, 3.8) is 0 Å². The zero-order valence-corrected chi connectivity index (χ0v) is 10.0. The summed E-state index contributed by atoms with van der Waals surface area (Å²) in [5.41, 5.74) is 13.4. The Balaban J connectivity index is 2.42. The third-order valence-electron chi connectivity index (χ3n) is 2.73. The summed E-state index contributed by atoms with van der Waals surface area (Å²) in [7, 11) is 0. The Hall–Kier alpha value is -1.81. The molecule has 1 aromatic heterocycles. The average molecular weight is 230 g/mol. The van der Waals surface area contributed by atoms with Gasteiger partial charge in [-0.15, -0.1) is 0 Å². The number of nitrogens with one attached hydrogen (secondary N) is 1. The topological polar surface area (TPSA) is 77.0 Å². The minimum absolute atomic E-state index is 0.679. The van der Waals surface area contributed by atoms with Crippen molar-refractivity contribution < 1.29 is 0 Å². The Labute approximate surface area is 101 Å². The van der Waals surface area contributed by atoms with Crippen LogP contribution in [0.4, 0.5) is 11.5 Å². The number of fused-ring (bicyclic) bond motifs is 1. The summed E-state index contributed by atoms with van der Waals surface area (Å²) < 4.78 is 0. The van der Waals surface area contributed by atoms with Crippen LogP contribution in [-0.4, -0.2) is 18.1 Å². The number of hydrogen-bond acceptors (Lipinski definition) is 4. The Kier molecular flexibility index (Phi) is 3.44. The van der Waals surface area contributed by atoms with Gasteiger partial charge in [0.25, 0.3) is 0 Å². The molecule has 0 aliphatic carbocycles. The zero-order valence-electron chi connectivity index (χ0n) is 10.0. The van der Waals surface area contributed by atoms with Crippen molar-refractivity contribution in [2.75, 3.05) is 24.1 Å². The third kappa shape index (κ3) is 2.47. The van der Waals surface area contributed by atoms with E-state index in [9.17, 15) is 0 Å². The molecular formula is C13H18N4. The highest BCUT2D eigenvalue weighted by Crippen LogP contribution is 2.27. The quantitative estimate of drug-likeness (QED) is 0.553. The average Bonchev–Trinajstić information content (AvgIpc) is 2.30. The number of aromatic nitrogens is 1. The lowest BCUT2D eigenvalue weighted by Crippen LogP contribution is -2.09. The van der Waals surface area contributed by atoms with Crippen LogP contribution in [0.3, 0.4) is 0 Å². The third-order valence-corrected chi connectivity index (χ3v) is 2.73. The SMILES string of the molecule is Cc1cc(N)c2ccnc(NCCCN)c2c1. The van der Waals surface area contributed by atoms with Crippen molar-refractivity contribution in [1.29, 1.82) is 0 Å². The number of aryl methyl sites for hydroxylation is 1. The predicted molar refractivity (Wildman–Crippen MR) is 73.1 cm³/mol. The van der Waals surface area contributed by atoms with E-state index in [4.69, 9.17) is 11.5 Å². The van der Waals surface area contributed by atoms with Gasteiger partial charge in [0.15, 0.2) is 0 Å². The lowest BCUT2D eigenvalue weighted by Gasteiger charge is -2.10. The van der Waals surface area contributed by atoms with E-state index in [2.05, 4.69) is 16.4 Å². The number of pyridine rings is 1. The molecule has 0 radical (unpaired) electrons. The van der Waals surface area contributed by atoms with Gasteiger partial charge in [0.2, 0.25) is 0 Å². The van der Waals surface area contributed by atoms with Crippen molar-refractivity contribution in [3.8, 4) is 0 Å². The first-order chi connectivity index (χ1) is 8.22. The second kappa shape index (κ2) is 5.01. The highest BCUT2D eigenvalue weighted by atomic mass is 15.0. The number of rotatable bonds is 4. The van der Waals surface area contributed by atoms with Crippen LogP contribution in [0.1, 0.15) is 12.0 Å². The maximum atomic E-state index is 6.01. The van der Waals surface area contributed by atoms with Gasteiger partial charge in [-0.1, -0.05) is 0 Å². The second-order valence-corrected chi connectivity index (χ2v) is 4.18. The van der Waals surface area contributed by atoms with Crippen LogP contribution >= 0.6 is 0 Å². The van der Waals surface area contributed by atoms with E-state index >= 15 is 0 Å². The monoisotopic (exact) mass is 230 g/mol. The minimum atomic E-state index is 0.679. The number of hydrogen-bond donors (Lipinski definition) is 3. The molecule has 2 aromatic rings. The van der Waals surface area contributed by atoms with Crippen molar-refractivity contribution >= 4 is 22.3 Å². The summed E-state index contributed by atoms with van der Waals surface area (Å²) in [5, 5.41) is 5.41. The molecule has 2 rings (SSSR count). The molecule has 0 bridgehead atoms. The number of nitrogens with zero attached hydrogens (tertiary/aromatic N) is 1. The number of anilines is 2. The molecule has 90 valence electrons. The van der Waals surface area contributed by atoms with Crippen molar-refractivity contribution in [2.45, 2.75) is 13.3 Å². The molecule has 0 spiro atoms. The molecular weight excluding hydrogens is 212 g/mol. The van der Waals surface area contributed by atoms with Crippen molar-refractivity contribution in [1.82, 2.24) is 4.98 Å². The van der Waals surface area contributed by atoms with Gasteiger partial charge in [-0.3, -0.25) is 0 Å². The van der Waals surface area contributed by atoms with Gasteiger partial charge in [-0.25, -0.2) is 4.98 Å². The molecule has 1 heterocycles. The van der Waals surface area contributed by atoms with Gasteiger partial charge in [0, 0.05) is 29.2 Å². The maximum absolute atomic E-state index is 6.01. The van der Waals surface area contributed by atoms with E-state index in [-0.39, 0.29) is 0 Å². The Morgan fingerprint density at radius 1 is 1.29 bits per heavy atom. The Bertz CT molecular complexity index is 522. The Morgan fingerprint density at radius 2 is 2.12 bits per heavy atom. The first-order valence-corrected chi connectivity index (χ1v) is 5.81. The first kappa shape index (κ1) is 11.7. The number of benzene rings is 1. The summed E-state index contributed by atoms with van der Waals surface area (Å²) in [6.45, 7) is 3.54. The van der Waals surface area contributed by atoms with Crippen LogP contribution < -0.4 is 16.8 Å². The van der Waals surface area contributed by atoms with Gasteiger partial charge in [0.05, 0.1) is 0 Å². The van der Waals surface area contributed by atoms with Gasteiger partial charge >= 0.3 is 0 Å². The minimum Gasteiger partial charge on any atom is -0.398 e. The fourth-order valence-electron chi connectivity index (χ4n) is 1.91. The standard InChI is InChI=1S/C13H18N4/c1-9-7-11-10(12(15)8-9)3-6-17-13(11)16-5-2-4-14/h3,6-8H,2,4-5,14-15H2,1H3,(H,16,17). The van der Waals surface area contributed by atoms with E-state index in [1.165, 1.54) is 0 Å². The van der Waals surface area contributed by atoms with Gasteiger partial charge in [-0.05, 0) is 43.7 Å². The molecule has 0 aliphatic heterocycles. The lowest BCUT2D eigenvalue weighted by molar-refractivity contribution is 0.871. The molecule has 4 heteroatoms. The molecule has 0 fully saturated rings. The summed E-state index contributed by atoms with van der Waals surface area (Å²) in [4.78, 5) is 4.35. The van der Waals surface area contributed by atoms with E-state index in [1.807, 2.05) is 19.1 Å². The van der Waals surface area contributed by atoms with Crippen LogP contribution in [0.5, 0.6) is 0 Å². The molecule has 4 nitrogen and oxygen atoms in total. The summed E-state index contributed by atoms with van der Waals surface area (Å²) in [6.07, 6.45) is 2.71. The smallest absolute Gasteiger partial charge is 0.133 e. The molecule has 0 saturated heterocycles. The first-order valence-electron chi connectivity index (χ1n) is 5.81. The highest BCUT2D eigenvalue weighted by Gasteiger charge is 2.05.